The number of hydrogen-bond acceptors (Lipinski definition) is 5. The van der Waals surface area contributed by atoms with E-state index in [0.717, 1.165) is 11.1 Å². The van der Waals surface area contributed by atoms with Crippen molar-refractivity contribution < 1.29 is 19.0 Å². The van der Waals surface area contributed by atoms with Crippen molar-refractivity contribution in [2.24, 2.45) is 0 Å². The number of carbonyl (C=O) groups is 1. The highest BCUT2D eigenvalue weighted by molar-refractivity contribution is 6.33. The lowest BCUT2D eigenvalue weighted by Gasteiger charge is -2.14. The normalized spacial score (nSPS) is 10.3. The van der Waals surface area contributed by atoms with Gasteiger partial charge in [-0.2, -0.15) is 0 Å². The number of carbonyl (C=O) groups excluding carboxylic acids is 1. The fourth-order valence-electron chi connectivity index (χ4n) is 2.90. The van der Waals surface area contributed by atoms with Gasteiger partial charge in [-0.05, 0) is 42.0 Å². The van der Waals surface area contributed by atoms with Crippen LogP contribution in [0.3, 0.4) is 0 Å². The van der Waals surface area contributed by atoms with Crippen molar-refractivity contribution >= 4 is 17.5 Å². The van der Waals surface area contributed by atoms with Gasteiger partial charge in [0.2, 0.25) is 5.75 Å². The number of nitrogens with zero attached hydrogens (tertiary/aromatic N) is 1. The molecule has 7 heteroatoms. The van der Waals surface area contributed by atoms with Crippen LogP contribution in [0.5, 0.6) is 17.2 Å². The monoisotopic (exact) mass is 412 g/mol. The third-order valence-corrected chi connectivity index (χ3v) is 4.66. The molecule has 0 fully saturated rings. The maximum atomic E-state index is 12.5. The minimum absolute atomic E-state index is 0.197. The van der Waals surface area contributed by atoms with Crippen LogP contribution >= 0.6 is 11.6 Å². The van der Waals surface area contributed by atoms with Crippen molar-refractivity contribution in [2.75, 3.05) is 21.3 Å². The molecular weight excluding hydrogens is 392 g/mol. The summed E-state index contributed by atoms with van der Waals surface area (Å²) >= 11 is 6.18. The van der Waals surface area contributed by atoms with E-state index in [1.54, 1.807) is 63.9 Å². The first kappa shape index (κ1) is 20.5. The van der Waals surface area contributed by atoms with Gasteiger partial charge in [-0.1, -0.05) is 23.7 Å². The average molecular weight is 413 g/mol. The van der Waals surface area contributed by atoms with Gasteiger partial charge in [0.1, 0.15) is 0 Å². The Kier molecular flexibility index (Phi) is 6.57. The van der Waals surface area contributed by atoms with E-state index in [1.807, 2.05) is 12.1 Å². The van der Waals surface area contributed by atoms with Gasteiger partial charge in [0.15, 0.2) is 11.5 Å². The Morgan fingerprint density at radius 2 is 1.66 bits per heavy atom. The van der Waals surface area contributed by atoms with Crippen LogP contribution in [-0.4, -0.2) is 32.2 Å². The lowest BCUT2D eigenvalue weighted by atomic mass is 10.1. The van der Waals surface area contributed by atoms with E-state index in [2.05, 4.69) is 10.3 Å². The molecule has 2 aromatic carbocycles. The molecule has 0 spiro atoms. The van der Waals surface area contributed by atoms with Gasteiger partial charge in [0.05, 0.1) is 32.0 Å². The predicted molar refractivity (Wildman–Crippen MR) is 112 cm³/mol. The maximum absolute atomic E-state index is 12.5. The molecule has 1 aromatic heterocycles. The zero-order valence-corrected chi connectivity index (χ0v) is 17.1. The molecule has 0 radical (unpaired) electrons. The molecular formula is C22H21ClN2O4. The van der Waals surface area contributed by atoms with Crippen molar-refractivity contribution in [1.82, 2.24) is 10.3 Å². The summed E-state index contributed by atoms with van der Waals surface area (Å²) < 4.78 is 16.0. The largest absolute Gasteiger partial charge is 0.493 e. The topological polar surface area (TPSA) is 69.7 Å². The van der Waals surface area contributed by atoms with Crippen molar-refractivity contribution in [1.29, 1.82) is 0 Å². The number of benzene rings is 2. The third kappa shape index (κ3) is 4.60. The lowest BCUT2D eigenvalue weighted by molar-refractivity contribution is 0.0951. The highest BCUT2D eigenvalue weighted by Gasteiger charge is 2.14. The zero-order valence-electron chi connectivity index (χ0n) is 16.4. The van der Waals surface area contributed by atoms with Crippen molar-refractivity contribution in [3.63, 3.8) is 0 Å². The van der Waals surface area contributed by atoms with Gasteiger partial charge in [0, 0.05) is 23.9 Å². The van der Waals surface area contributed by atoms with Crippen LogP contribution in [-0.2, 0) is 6.54 Å². The van der Waals surface area contributed by atoms with Crippen LogP contribution in [0.4, 0.5) is 0 Å². The summed E-state index contributed by atoms with van der Waals surface area (Å²) in [6.07, 6.45) is 1.68. The predicted octanol–water partition coefficient (Wildman–Crippen LogP) is 4.36. The number of halogens is 1. The second-order valence-electron chi connectivity index (χ2n) is 6.13. The molecule has 0 atom stereocenters. The summed E-state index contributed by atoms with van der Waals surface area (Å²) in [5, 5.41) is 3.46. The Hall–Kier alpha value is -3.25. The molecule has 6 nitrogen and oxygen atoms in total. The van der Waals surface area contributed by atoms with Crippen molar-refractivity contribution in [3.05, 3.63) is 70.9 Å². The van der Waals surface area contributed by atoms with Crippen molar-refractivity contribution in [2.45, 2.75) is 6.54 Å². The minimum Gasteiger partial charge on any atom is -0.493 e. The first-order valence-electron chi connectivity index (χ1n) is 8.85. The van der Waals surface area contributed by atoms with Gasteiger partial charge in [-0.3, -0.25) is 9.78 Å². The molecule has 0 saturated heterocycles. The van der Waals surface area contributed by atoms with E-state index in [9.17, 15) is 4.79 Å². The average Bonchev–Trinajstić information content (AvgIpc) is 2.77. The smallest absolute Gasteiger partial charge is 0.251 e. The van der Waals surface area contributed by atoms with Gasteiger partial charge in [-0.25, -0.2) is 0 Å². The van der Waals surface area contributed by atoms with E-state index in [-0.39, 0.29) is 5.91 Å². The van der Waals surface area contributed by atoms with Gasteiger partial charge in [0.25, 0.3) is 5.91 Å². The van der Waals surface area contributed by atoms with E-state index in [4.69, 9.17) is 25.8 Å². The second-order valence-corrected chi connectivity index (χ2v) is 6.53. The van der Waals surface area contributed by atoms with Crippen LogP contribution in [0.25, 0.3) is 11.3 Å². The van der Waals surface area contributed by atoms with E-state index < -0.39 is 0 Å². The zero-order chi connectivity index (χ0) is 20.8. The molecule has 150 valence electrons. The molecule has 1 amide bonds. The fraction of sp³-hybridized carbons (Fsp3) is 0.182. The molecule has 0 unspecified atom stereocenters. The number of pyridine rings is 1. The summed E-state index contributed by atoms with van der Waals surface area (Å²) in [6, 6.07) is 14.3. The Balaban J connectivity index is 1.72. The standard InChI is InChI=1S/C22H21ClN2O4/c1-27-18-11-14(12-19(28-2)21(18)29-3)13-25-22(26)16-8-6-15(7-9-16)20-17(23)5-4-10-24-20/h4-12H,13H2,1-3H3,(H,25,26). The van der Waals surface area contributed by atoms with Crippen LogP contribution in [0.15, 0.2) is 54.7 Å². The number of nitrogens with one attached hydrogen (secondary N) is 1. The molecule has 0 bridgehead atoms. The van der Waals surface area contributed by atoms with E-state index >= 15 is 0 Å². The number of methoxy groups -OCH3 is 3. The quantitative estimate of drug-likeness (QED) is 0.624. The molecule has 0 aliphatic rings. The highest BCUT2D eigenvalue weighted by Crippen LogP contribution is 2.38. The minimum atomic E-state index is -0.197. The molecule has 0 saturated carbocycles. The summed E-state index contributed by atoms with van der Waals surface area (Å²) in [7, 11) is 4.65. The number of amides is 1. The maximum Gasteiger partial charge on any atom is 0.251 e. The van der Waals surface area contributed by atoms with Gasteiger partial charge < -0.3 is 19.5 Å². The molecule has 1 N–H and O–H groups in total. The number of aromatic nitrogens is 1. The second kappa shape index (κ2) is 9.30. The molecule has 0 aliphatic carbocycles. The van der Waals surface area contributed by atoms with Crippen LogP contribution in [0, 0.1) is 0 Å². The van der Waals surface area contributed by atoms with Crippen LogP contribution in [0.2, 0.25) is 5.02 Å². The summed E-state index contributed by atoms with van der Waals surface area (Å²) in [5.41, 5.74) is 2.88. The van der Waals surface area contributed by atoms with E-state index in [1.165, 1.54) is 0 Å². The number of hydrogen-bond donors (Lipinski definition) is 1. The highest BCUT2D eigenvalue weighted by atomic mass is 35.5. The van der Waals surface area contributed by atoms with Gasteiger partial charge >= 0.3 is 0 Å². The Bertz CT molecular complexity index is 981. The number of rotatable bonds is 7. The summed E-state index contributed by atoms with van der Waals surface area (Å²) in [6.45, 7) is 0.309. The fourth-order valence-corrected chi connectivity index (χ4v) is 3.13. The van der Waals surface area contributed by atoms with Crippen LogP contribution < -0.4 is 19.5 Å². The van der Waals surface area contributed by atoms with Crippen LogP contribution in [0.1, 0.15) is 15.9 Å². The van der Waals surface area contributed by atoms with Gasteiger partial charge in [-0.15, -0.1) is 0 Å². The molecule has 29 heavy (non-hydrogen) atoms. The Morgan fingerprint density at radius 1 is 1.00 bits per heavy atom. The molecule has 0 aliphatic heterocycles. The first-order chi connectivity index (χ1) is 14.1. The SMILES string of the molecule is COc1cc(CNC(=O)c2ccc(-c3ncccc3Cl)cc2)cc(OC)c1OC. The number of ether oxygens (including phenoxy) is 3. The van der Waals surface area contributed by atoms with Crippen molar-refractivity contribution in [3.8, 4) is 28.5 Å². The van der Waals surface area contributed by atoms with E-state index in [0.29, 0.717) is 40.1 Å². The Morgan fingerprint density at radius 3 is 2.21 bits per heavy atom. The third-order valence-electron chi connectivity index (χ3n) is 4.36. The lowest BCUT2D eigenvalue weighted by Crippen LogP contribution is -2.22. The molecule has 1 heterocycles. The first-order valence-corrected chi connectivity index (χ1v) is 9.23. The summed E-state index contributed by atoms with van der Waals surface area (Å²) in [5.74, 6) is 1.38. The molecule has 3 rings (SSSR count). The molecule has 3 aromatic rings. The Labute approximate surface area is 174 Å². The summed E-state index contributed by atoms with van der Waals surface area (Å²) in [4.78, 5) is 16.8.